The largest absolute Gasteiger partial charge is 0.463 e. The van der Waals surface area contributed by atoms with Gasteiger partial charge in [0.15, 0.2) is 15.1 Å². The zero-order valence-corrected chi connectivity index (χ0v) is 20.0. The van der Waals surface area contributed by atoms with E-state index in [0.717, 1.165) is 0 Å². The molecule has 1 aromatic carbocycles. The summed E-state index contributed by atoms with van der Waals surface area (Å²) in [6.45, 7) is 2.11. The Kier molecular flexibility index (Phi) is 4.81. The molecule has 180 valence electrons. The second-order valence-corrected chi connectivity index (χ2v) is 8.94. The van der Waals surface area contributed by atoms with E-state index in [1.54, 1.807) is 31.2 Å². The average molecular weight is 522 g/mol. The van der Waals surface area contributed by atoms with E-state index in [4.69, 9.17) is 33.6 Å². The minimum atomic E-state index is -1.25. The minimum Gasteiger partial charge on any atom is -0.463 e. The predicted octanol–water partition coefficient (Wildman–Crippen LogP) is 2.91. The van der Waals surface area contributed by atoms with Crippen molar-refractivity contribution < 1.29 is 9.15 Å². The highest BCUT2D eigenvalue weighted by molar-refractivity contribution is 7.71. The number of aromatic amines is 4. The summed E-state index contributed by atoms with van der Waals surface area (Å²) >= 11 is 10.1. The fraction of sp³-hybridized carbons (Fsp3) is 0.130. The van der Waals surface area contributed by atoms with Gasteiger partial charge in [-0.1, -0.05) is 12.1 Å². The topological polar surface area (TPSA) is 159 Å². The van der Waals surface area contributed by atoms with E-state index < -0.39 is 28.0 Å². The zero-order valence-electron chi connectivity index (χ0n) is 18.4. The maximum Gasteiger partial charge on any atom is 0.266 e. The summed E-state index contributed by atoms with van der Waals surface area (Å²) in [6.07, 6.45) is 1.17. The second kappa shape index (κ2) is 7.83. The van der Waals surface area contributed by atoms with Gasteiger partial charge >= 0.3 is 0 Å². The first-order valence-electron chi connectivity index (χ1n) is 10.8. The molecule has 0 fully saturated rings. The molecule has 4 N–H and O–H groups in total. The average Bonchev–Trinajstić information content (AvgIpc) is 2.83. The number of fused-ring (bicyclic) bond motifs is 5. The number of para-hydroxylation sites is 1. The third-order valence-corrected chi connectivity index (χ3v) is 6.62. The molecule has 13 heteroatoms. The van der Waals surface area contributed by atoms with E-state index >= 15 is 0 Å². The van der Waals surface area contributed by atoms with Gasteiger partial charge in [-0.05, 0) is 43.5 Å². The van der Waals surface area contributed by atoms with Crippen LogP contribution in [0.2, 0.25) is 0 Å². The van der Waals surface area contributed by atoms with Crippen molar-refractivity contribution in [1.29, 1.82) is 0 Å². The normalized spacial score (nSPS) is 12.9. The SMILES string of the molecule is CCn1c(=O)c2c(=O)c(C3c4c([nH]c(=S)[nH]c4=O)Oc4[nH]c(=S)[nH]c(=O)c43)coc2c2ccccc21. The van der Waals surface area contributed by atoms with Gasteiger partial charge < -0.3 is 23.7 Å². The van der Waals surface area contributed by atoms with Crippen molar-refractivity contribution in [3.63, 3.8) is 0 Å². The van der Waals surface area contributed by atoms with Crippen LogP contribution in [-0.4, -0.2) is 24.5 Å². The number of hydrogen-bond acceptors (Lipinski definition) is 8. The second-order valence-electron chi connectivity index (χ2n) is 8.13. The third-order valence-electron chi connectivity index (χ3n) is 6.21. The van der Waals surface area contributed by atoms with Crippen molar-refractivity contribution in [3.05, 3.63) is 98.0 Å². The van der Waals surface area contributed by atoms with Crippen LogP contribution in [0.15, 0.2) is 54.1 Å². The molecule has 0 radical (unpaired) electrons. The van der Waals surface area contributed by atoms with E-state index in [0.29, 0.717) is 17.4 Å². The summed E-state index contributed by atoms with van der Waals surface area (Å²) in [5, 5.41) is 0.387. The number of nitrogens with one attached hydrogen (secondary N) is 4. The van der Waals surface area contributed by atoms with Crippen molar-refractivity contribution >= 4 is 46.3 Å². The first-order chi connectivity index (χ1) is 17.3. The molecule has 1 aliphatic heterocycles. The Bertz CT molecular complexity index is 2040. The minimum absolute atomic E-state index is 0.0211. The van der Waals surface area contributed by atoms with Crippen LogP contribution < -0.4 is 26.8 Å². The predicted molar refractivity (Wildman–Crippen MR) is 135 cm³/mol. The van der Waals surface area contributed by atoms with Crippen LogP contribution >= 0.6 is 24.4 Å². The highest BCUT2D eigenvalue weighted by Crippen LogP contribution is 2.41. The van der Waals surface area contributed by atoms with Gasteiger partial charge in [0.2, 0.25) is 17.2 Å². The molecular formula is C23H15N5O6S2. The molecule has 11 nitrogen and oxygen atoms in total. The highest BCUT2D eigenvalue weighted by Gasteiger charge is 2.37. The van der Waals surface area contributed by atoms with Crippen LogP contribution in [0.25, 0.3) is 21.9 Å². The van der Waals surface area contributed by atoms with Crippen LogP contribution in [0.1, 0.15) is 29.5 Å². The number of rotatable bonds is 2. The van der Waals surface area contributed by atoms with Gasteiger partial charge in [-0.25, -0.2) is 0 Å². The Morgan fingerprint density at radius 3 is 2.14 bits per heavy atom. The number of ether oxygens (including phenoxy) is 1. The first kappa shape index (κ1) is 22.1. The van der Waals surface area contributed by atoms with Crippen molar-refractivity contribution in [3.8, 4) is 11.8 Å². The zero-order chi connectivity index (χ0) is 25.3. The van der Waals surface area contributed by atoms with Crippen LogP contribution in [0.4, 0.5) is 0 Å². The summed E-state index contributed by atoms with van der Waals surface area (Å²) < 4.78 is 13.0. The summed E-state index contributed by atoms with van der Waals surface area (Å²) in [6, 6.07) is 7.08. The maximum absolute atomic E-state index is 13.9. The molecule has 36 heavy (non-hydrogen) atoms. The standard InChI is InChI=1S/C23H15N5O6S2/c1-2-28-10-6-4-3-5-8(10)16-14(21(28)32)15(29)9(7-33-16)11-12-17(30)24-22(35)26-19(12)34-20-13(11)18(31)25-23(36)27-20/h3-7,11H,2H2,1H3,(H2,24,26,30,35)(H2,25,27,31,36). The molecule has 0 unspecified atom stereocenters. The van der Waals surface area contributed by atoms with Gasteiger partial charge in [-0.2, -0.15) is 0 Å². The molecule has 0 amide bonds. The van der Waals surface area contributed by atoms with Crippen molar-refractivity contribution in [1.82, 2.24) is 24.5 Å². The molecule has 0 atom stereocenters. The molecular weight excluding hydrogens is 506 g/mol. The lowest BCUT2D eigenvalue weighted by Crippen LogP contribution is -2.33. The van der Waals surface area contributed by atoms with Crippen LogP contribution in [0.5, 0.6) is 11.8 Å². The van der Waals surface area contributed by atoms with Gasteiger partial charge in [0.05, 0.1) is 28.8 Å². The van der Waals surface area contributed by atoms with E-state index in [-0.39, 0.29) is 49.0 Å². The van der Waals surface area contributed by atoms with E-state index in [9.17, 15) is 19.2 Å². The lowest BCUT2D eigenvalue weighted by molar-refractivity contribution is 0.406. The van der Waals surface area contributed by atoms with Crippen molar-refractivity contribution in [2.45, 2.75) is 19.4 Å². The van der Waals surface area contributed by atoms with Crippen LogP contribution in [0, 0.1) is 9.54 Å². The molecule has 0 saturated heterocycles. The summed E-state index contributed by atoms with van der Waals surface area (Å²) in [5.74, 6) is -1.39. The van der Waals surface area contributed by atoms with Crippen molar-refractivity contribution in [2.24, 2.45) is 0 Å². The molecule has 1 aliphatic rings. The van der Waals surface area contributed by atoms with E-state index in [2.05, 4.69) is 19.9 Å². The van der Waals surface area contributed by atoms with E-state index in [1.807, 2.05) is 0 Å². The Morgan fingerprint density at radius 1 is 0.917 bits per heavy atom. The Balaban J connectivity index is 1.78. The summed E-state index contributed by atoms with van der Waals surface area (Å²) in [5.41, 5.74) is -2.09. The van der Waals surface area contributed by atoms with Gasteiger partial charge in [0.1, 0.15) is 5.39 Å². The third kappa shape index (κ3) is 3.03. The molecule has 0 aliphatic carbocycles. The molecule has 0 spiro atoms. The quantitative estimate of drug-likeness (QED) is 0.200. The smallest absolute Gasteiger partial charge is 0.266 e. The Morgan fingerprint density at radius 2 is 1.53 bits per heavy atom. The molecule has 6 rings (SSSR count). The molecule has 0 bridgehead atoms. The number of pyridine rings is 1. The molecule has 0 saturated carbocycles. The first-order valence-corrected chi connectivity index (χ1v) is 11.6. The number of H-pyrrole nitrogens is 4. The van der Waals surface area contributed by atoms with Gasteiger partial charge in [0, 0.05) is 17.5 Å². The molecule has 5 aromatic rings. The van der Waals surface area contributed by atoms with Crippen LogP contribution in [-0.2, 0) is 6.54 Å². The number of benzene rings is 1. The number of nitrogens with zero attached hydrogens (tertiary/aromatic N) is 1. The van der Waals surface area contributed by atoms with Gasteiger partial charge in [-0.15, -0.1) is 0 Å². The fourth-order valence-electron chi connectivity index (χ4n) is 4.73. The summed E-state index contributed by atoms with van der Waals surface area (Å²) in [4.78, 5) is 63.8. The number of hydrogen-bond donors (Lipinski definition) is 4. The number of aryl methyl sites for hydroxylation is 1. The molecule has 4 aromatic heterocycles. The number of aromatic nitrogens is 5. The van der Waals surface area contributed by atoms with Crippen molar-refractivity contribution in [2.75, 3.05) is 0 Å². The lowest BCUT2D eigenvalue weighted by atomic mass is 9.86. The maximum atomic E-state index is 13.9. The monoisotopic (exact) mass is 521 g/mol. The lowest BCUT2D eigenvalue weighted by Gasteiger charge is -2.25. The van der Waals surface area contributed by atoms with E-state index in [1.165, 1.54) is 10.8 Å². The summed E-state index contributed by atoms with van der Waals surface area (Å²) in [7, 11) is 0. The Hall–Kier alpha value is -4.36. The highest BCUT2D eigenvalue weighted by atomic mass is 32.1. The van der Waals surface area contributed by atoms with Gasteiger partial charge in [-0.3, -0.25) is 29.1 Å². The van der Waals surface area contributed by atoms with Crippen LogP contribution in [0.3, 0.4) is 0 Å². The van der Waals surface area contributed by atoms with Gasteiger partial charge in [0.25, 0.3) is 16.7 Å². The molecule has 5 heterocycles. The Labute approximate surface area is 209 Å². The fourth-order valence-corrected chi connectivity index (χ4v) is 5.10.